The van der Waals surface area contributed by atoms with Gasteiger partial charge in [0.05, 0.1) is 23.2 Å². The van der Waals surface area contributed by atoms with E-state index in [0.717, 1.165) is 10.9 Å². The third-order valence-electron chi connectivity index (χ3n) is 3.14. The predicted molar refractivity (Wildman–Crippen MR) is 86.5 cm³/mol. The Balaban J connectivity index is 2.27. The van der Waals surface area contributed by atoms with Gasteiger partial charge in [0.1, 0.15) is 0 Å². The van der Waals surface area contributed by atoms with E-state index >= 15 is 0 Å². The zero-order chi connectivity index (χ0) is 17.9. The zero-order valence-corrected chi connectivity index (χ0v) is 13.4. The maximum absolute atomic E-state index is 11.1. The molecule has 1 aromatic heterocycles. The highest BCUT2D eigenvalue weighted by Crippen LogP contribution is 2.27. The van der Waals surface area contributed by atoms with Crippen molar-refractivity contribution in [2.24, 2.45) is 0 Å². The molecule has 0 bridgehead atoms. The molecule has 0 spiro atoms. The molecule has 2 rings (SSSR count). The quantitative estimate of drug-likeness (QED) is 0.598. The van der Waals surface area contributed by atoms with Gasteiger partial charge in [0, 0.05) is 10.6 Å². The third-order valence-corrected chi connectivity index (χ3v) is 4.27. The minimum atomic E-state index is -1.24. The second-order valence-corrected chi connectivity index (χ2v) is 6.04. The lowest BCUT2D eigenvalue weighted by Crippen LogP contribution is -2.04. The van der Waals surface area contributed by atoms with Crippen molar-refractivity contribution in [1.82, 2.24) is 4.98 Å². The molecule has 0 unspecified atom stereocenters. The number of hydrogen-bond donors (Lipinski definition) is 4. The predicted octanol–water partition coefficient (Wildman–Crippen LogP) is 2.61. The number of aryl methyl sites for hydroxylation is 2. The van der Waals surface area contributed by atoms with Crippen molar-refractivity contribution in [2.45, 2.75) is 19.8 Å². The van der Waals surface area contributed by atoms with E-state index < -0.39 is 17.9 Å². The fourth-order valence-corrected chi connectivity index (χ4v) is 2.99. The second kappa shape index (κ2) is 7.09. The number of carbonyl (C=O) groups is 3. The van der Waals surface area contributed by atoms with Crippen molar-refractivity contribution in [2.75, 3.05) is 5.32 Å². The number of thiazole rings is 1. The number of benzene rings is 1. The number of carboxylic acid groups (broad SMARTS) is 3. The molecule has 1 aromatic carbocycles. The van der Waals surface area contributed by atoms with Gasteiger partial charge in [0.25, 0.3) is 0 Å². The Morgan fingerprint density at radius 3 is 2.17 bits per heavy atom. The number of anilines is 2. The Labute approximate surface area is 140 Å². The first-order valence-corrected chi connectivity index (χ1v) is 7.64. The van der Waals surface area contributed by atoms with Crippen molar-refractivity contribution in [3.05, 3.63) is 39.9 Å². The third kappa shape index (κ3) is 4.29. The van der Waals surface area contributed by atoms with Crippen LogP contribution >= 0.6 is 11.3 Å². The average molecular weight is 350 g/mol. The largest absolute Gasteiger partial charge is 0.481 e. The molecule has 0 atom stereocenters. The van der Waals surface area contributed by atoms with E-state index in [1.807, 2.05) is 0 Å². The Hall–Kier alpha value is -2.94. The van der Waals surface area contributed by atoms with E-state index in [0.29, 0.717) is 17.2 Å². The van der Waals surface area contributed by atoms with Crippen molar-refractivity contribution >= 4 is 40.1 Å². The standard InChI is InChI=1S/C15H14N2O6S/c1-7-11(2-3-12(18)19)24-15(16-7)17-10-5-8(13(20)21)4-9(6-10)14(22)23/h4-6H,2-3H2,1H3,(H,16,17)(H,18,19)(H,20,21)(H,22,23). The number of aliphatic carboxylic acids is 1. The lowest BCUT2D eigenvalue weighted by atomic mass is 10.1. The monoisotopic (exact) mass is 350 g/mol. The van der Waals surface area contributed by atoms with E-state index in [9.17, 15) is 14.4 Å². The summed E-state index contributed by atoms with van der Waals surface area (Å²) in [5, 5.41) is 30.2. The summed E-state index contributed by atoms with van der Waals surface area (Å²) < 4.78 is 0. The van der Waals surface area contributed by atoms with Crippen molar-refractivity contribution in [3.63, 3.8) is 0 Å². The van der Waals surface area contributed by atoms with Gasteiger partial charge in [0.15, 0.2) is 5.13 Å². The van der Waals surface area contributed by atoms with Crippen LogP contribution in [0.4, 0.5) is 10.8 Å². The first-order valence-electron chi connectivity index (χ1n) is 6.83. The minimum Gasteiger partial charge on any atom is -0.481 e. The molecule has 24 heavy (non-hydrogen) atoms. The number of carboxylic acids is 3. The summed E-state index contributed by atoms with van der Waals surface area (Å²) >= 11 is 1.24. The number of rotatable bonds is 7. The summed E-state index contributed by atoms with van der Waals surface area (Å²) in [6.45, 7) is 1.75. The minimum absolute atomic E-state index is 0.0138. The highest BCUT2D eigenvalue weighted by molar-refractivity contribution is 7.15. The zero-order valence-electron chi connectivity index (χ0n) is 12.6. The van der Waals surface area contributed by atoms with Crippen LogP contribution in [-0.4, -0.2) is 38.2 Å². The fraction of sp³-hybridized carbons (Fsp3) is 0.200. The molecule has 9 heteroatoms. The van der Waals surface area contributed by atoms with Gasteiger partial charge in [-0.2, -0.15) is 0 Å². The van der Waals surface area contributed by atoms with Crippen LogP contribution in [0.5, 0.6) is 0 Å². The molecule has 0 amide bonds. The van der Waals surface area contributed by atoms with Crippen LogP contribution in [0.3, 0.4) is 0 Å². The van der Waals surface area contributed by atoms with Crippen LogP contribution in [0.1, 0.15) is 37.7 Å². The van der Waals surface area contributed by atoms with Gasteiger partial charge >= 0.3 is 17.9 Å². The second-order valence-electron chi connectivity index (χ2n) is 4.96. The van der Waals surface area contributed by atoms with E-state index in [2.05, 4.69) is 10.3 Å². The highest BCUT2D eigenvalue weighted by Gasteiger charge is 2.14. The van der Waals surface area contributed by atoms with E-state index in [1.165, 1.54) is 23.5 Å². The lowest BCUT2D eigenvalue weighted by Gasteiger charge is -2.06. The van der Waals surface area contributed by atoms with Crippen molar-refractivity contribution < 1.29 is 29.7 Å². The Morgan fingerprint density at radius 1 is 1.08 bits per heavy atom. The summed E-state index contributed by atoms with van der Waals surface area (Å²) in [4.78, 5) is 37.9. The number of aromatic carboxylic acids is 2. The van der Waals surface area contributed by atoms with E-state index in [4.69, 9.17) is 15.3 Å². The van der Waals surface area contributed by atoms with Crippen molar-refractivity contribution in [3.8, 4) is 0 Å². The van der Waals surface area contributed by atoms with Crippen LogP contribution in [0, 0.1) is 6.92 Å². The molecule has 0 aliphatic rings. The van der Waals surface area contributed by atoms with Gasteiger partial charge in [-0.15, -0.1) is 11.3 Å². The fourth-order valence-electron chi connectivity index (χ4n) is 2.00. The summed E-state index contributed by atoms with van der Waals surface area (Å²) in [5.41, 5.74) is 0.649. The topological polar surface area (TPSA) is 137 Å². The Kier molecular flexibility index (Phi) is 5.14. The van der Waals surface area contributed by atoms with Gasteiger partial charge in [-0.3, -0.25) is 4.79 Å². The molecule has 1 heterocycles. The number of hydrogen-bond acceptors (Lipinski definition) is 6. The maximum Gasteiger partial charge on any atom is 0.335 e. The molecule has 0 aliphatic carbocycles. The summed E-state index contributed by atoms with van der Waals surface area (Å²) in [5.74, 6) is -3.38. The lowest BCUT2D eigenvalue weighted by molar-refractivity contribution is -0.136. The number of nitrogens with one attached hydrogen (secondary N) is 1. The van der Waals surface area contributed by atoms with Gasteiger partial charge < -0.3 is 20.6 Å². The van der Waals surface area contributed by atoms with Gasteiger partial charge in [-0.25, -0.2) is 14.6 Å². The molecule has 0 radical (unpaired) electrons. The summed E-state index contributed by atoms with van der Waals surface area (Å²) in [7, 11) is 0. The van der Waals surface area contributed by atoms with Crippen LogP contribution in [0.15, 0.2) is 18.2 Å². The number of aromatic nitrogens is 1. The molecular formula is C15H14N2O6S. The van der Waals surface area contributed by atoms with Crippen LogP contribution in [-0.2, 0) is 11.2 Å². The van der Waals surface area contributed by atoms with Crippen molar-refractivity contribution in [1.29, 1.82) is 0 Å². The molecule has 2 aromatic rings. The number of nitrogens with zero attached hydrogens (tertiary/aromatic N) is 1. The Bertz CT molecular complexity index is 782. The smallest absolute Gasteiger partial charge is 0.335 e. The van der Waals surface area contributed by atoms with Gasteiger partial charge in [-0.1, -0.05) is 0 Å². The van der Waals surface area contributed by atoms with Crippen LogP contribution in [0.2, 0.25) is 0 Å². The van der Waals surface area contributed by atoms with Crippen LogP contribution in [0.25, 0.3) is 0 Å². The molecule has 0 aliphatic heterocycles. The first-order chi connectivity index (χ1) is 11.3. The molecule has 0 fully saturated rings. The van der Waals surface area contributed by atoms with Crippen LogP contribution < -0.4 is 5.32 Å². The normalized spacial score (nSPS) is 10.4. The van der Waals surface area contributed by atoms with Gasteiger partial charge in [0.2, 0.25) is 0 Å². The first kappa shape index (κ1) is 17.4. The highest BCUT2D eigenvalue weighted by atomic mass is 32.1. The summed E-state index contributed by atoms with van der Waals surface area (Å²) in [6, 6.07) is 3.69. The van der Waals surface area contributed by atoms with Gasteiger partial charge in [-0.05, 0) is 31.5 Å². The average Bonchev–Trinajstić information content (AvgIpc) is 2.84. The summed E-state index contributed by atoms with van der Waals surface area (Å²) in [6.07, 6.45) is 0.330. The van der Waals surface area contributed by atoms with E-state index in [-0.39, 0.29) is 23.2 Å². The molecule has 4 N–H and O–H groups in total. The molecule has 0 saturated carbocycles. The molecule has 0 saturated heterocycles. The molecule has 126 valence electrons. The molecular weight excluding hydrogens is 336 g/mol. The maximum atomic E-state index is 11.1. The molecule has 8 nitrogen and oxygen atoms in total. The Morgan fingerprint density at radius 2 is 1.67 bits per heavy atom. The SMILES string of the molecule is Cc1nc(Nc2cc(C(=O)O)cc(C(=O)O)c2)sc1CCC(=O)O. The van der Waals surface area contributed by atoms with E-state index in [1.54, 1.807) is 6.92 Å².